The molecule has 3 fully saturated rings. The molecule has 4 aliphatic carbocycles. The number of allylic oxidation sites excluding steroid dienone is 2. The quantitative estimate of drug-likeness (QED) is 0.407. The molecule has 0 radical (unpaired) electrons. The normalized spacial score (nSPS) is 34.2. The lowest BCUT2D eigenvalue weighted by atomic mass is 9.63. The molecule has 1 aliphatic heterocycles. The zero-order chi connectivity index (χ0) is 19.9. The number of hydrogen-bond donors (Lipinski definition) is 0. The highest BCUT2D eigenvalue weighted by Crippen LogP contribution is 2.65. The van der Waals surface area contributed by atoms with E-state index in [0.717, 1.165) is 17.0 Å². The minimum atomic E-state index is -0.248. The molecule has 1 aromatic carbocycles. The van der Waals surface area contributed by atoms with Crippen molar-refractivity contribution in [3.8, 4) is 11.3 Å². The Kier molecular flexibility index (Phi) is 3.66. The number of carbonyl (C=O) groups excluding carboxylic acids is 2. The first-order valence-electron chi connectivity index (χ1n) is 9.68. The summed E-state index contributed by atoms with van der Waals surface area (Å²) >= 11 is 12.0. The lowest BCUT2D eigenvalue weighted by Crippen LogP contribution is -2.40. The summed E-state index contributed by atoms with van der Waals surface area (Å²) < 4.78 is 5.78. The summed E-state index contributed by atoms with van der Waals surface area (Å²) in [7, 11) is 0. The molecule has 146 valence electrons. The van der Waals surface area contributed by atoms with Crippen molar-refractivity contribution in [3.05, 3.63) is 58.3 Å². The molecule has 0 N–H and O–H groups in total. The first kappa shape index (κ1) is 17.5. The van der Waals surface area contributed by atoms with Crippen LogP contribution in [0.25, 0.3) is 11.3 Å². The highest BCUT2D eigenvalue weighted by molar-refractivity contribution is 6.42. The number of imide groups is 1. The Morgan fingerprint density at radius 1 is 0.966 bits per heavy atom. The van der Waals surface area contributed by atoms with Gasteiger partial charge in [0.25, 0.3) is 11.8 Å². The molecule has 7 heteroatoms. The molecule has 2 saturated carbocycles. The summed E-state index contributed by atoms with van der Waals surface area (Å²) in [5.41, 5.74) is 0.778. The van der Waals surface area contributed by atoms with Gasteiger partial charge in [0.15, 0.2) is 0 Å². The molecular weight excluding hydrogens is 411 g/mol. The third-order valence-electron chi connectivity index (χ3n) is 6.77. The van der Waals surface area contributed by atoms with Crippen LogP contribution in [0.3, 0.4) is 0 Å². The highest BCUT2D eigenvalue weighted by Gasteiger charge is 2.67. The van der Waals surface area contributed by atoms with Crippen LogP contribution >= 0.6 is 23.2 Å². The van der Waals surface area contributed by atoms with Crippen LogP contribution in [0.4, 0.5) is 0 Å². The number of amides is 2. The highest BCUT2D eigenvalue weighted by atomic mass is 35.5. The van der Waals surface area contributed by atoms with E-state index in [4.69, 9.17) is 27.6 Å². The van der Waals surface area contributed by atoms with E-state index in [9.17, 15) is 9.59 Å². The number of benzene rings is 1. The van der Waals surface area contributed by atoms with Gasteiger partial charge in [-0.15, -0.1) is 0 Å². The molecule has 5 aliphatic rings. The average molecular weight is 427 g/mol. The van der Waals surface area contributed by atoms with E-state index in [0.29, 0.717) is 33.4 Å². The van der Waals surface area contributed by atoms with Gasteiger partial charge in [-0.05, 0) is 60.4 Å². The first-order chi connectivity index (χ1) is 14.0. The second-order valence-corrected chi connectivity index (χ2v) is 9.03. The maximum atomic E-state index is 12.9. The summed E-state index contributed by atoms with van der Waals surface area (Å²) in [5, 5.41) is 6.15. The molecule has 1 saturated heterocycles. The summed E-state index contributed by atoms with van der Waals surface area (Å²) in [6.45, 7) is 0. The average Bonchev–Trinajstić information content (AvgIpc) is 3.36. The molecule has 6 atom stereocenters. The van der Waals surface area contributed by atoms with E-state index in [-0.39, 0.29) is 35.5 Å². The molecule has 2 amide bonds. The third kappa shape index (κ3) is 2.50. The van der Waals surface area contributed by atoms with Crippen LogP contribution in [0.1, 0.15) is 12.2 Å². The molecule has 5 nitrogen and oxygen atoms in total. The largest absolute Gasteiger partial charge is 0.455 e. The monoisotopic (exact) mass is 426 g/mol. The molecule has 0 spiro atoms. The van der Waals surface area contributed by atoms with Crippen molar-refractivity contribution in [2.45, 2.75) is 6.42 Å². The Labute approximate surface area is 177 Å². The number of hydrogen-bond acceptors (Lipinski definition) is 4. The van der Waals surface area contributed by atoms with Crippen molar-refractivity contribution >= 4 is 41.2 Å². The van der Waals surface area contributed by atoms with E-state index in [2.05, 4.69) is 17.3 Å². The van der Waals surface area contributed by atoms with E-state index in [1.54, 1.807) is 30.3 Å². The molecule has 2 heterocycles. The van der Waals surface area contributed by atoms with Gasteiger partial charge >= 0.3 is 0 Å². The number of rotatable bonds is 3. The molecule has 2 bridgehead atoms. The van der Waals surface area contributed by atoms with Gasteiger partial charge in [-0.1, -0.05) is 35.4 Å². The predicted octanol–water partition coefficient (Wildman–Crippen LogP) is 4.64. The van der Waals surface area contributed by atoms with Gasteiger partial charge in [0, 0.05) is 5.56 Å². The predicted molar refractivity (Wildman–Crippen MR) is 108 cm³/mol. The van der Waals surface area contributed by atoms with Crippen LogP contribution in [-0.2, 0) is 9.59 Å². The lowest BCUT2D eigenvalue weighted by molar-refractivity contribution is -0.140. The standard InChI is InChI=1S/C22H16Cl2N2O3/c23-16-5-1-10(7-17(16)24)18-6-2-11(29-18)9-25-26-21(27)19-12-3-4-13(15-8-14(12)15)20(19)22(26)28/h1-7,9,12-15,19-20H,8H2/b25-9-/t12-,13-,14-,15-,19-,20+/m0/s1. The van der Waals surface area contributed by atoms with Crippen LogP contribution in [0.5, 0.6) is 0 Å². The molecule has 29 heavy (non-hydrogen) atoms. The minimum Gasteiger partial charge on any atom is -0.455 e. The molecule has 7 rings (SSSR count). The van der Waals surface area contributed by atoms with Gasteiger partial charge in [0.2, 0.25) is 0 Å². The van der Waals surface area contributed by atoms with Gasteiger partial charge < -0.3 is 4.42 Å². The van der Waals surface area contributed by atoms with Gasteiger partial charge in [0.1, 0.15) is 11.5 Å². The SMILES string of the molecule is O=C1[C@@H]2[C@H]3C=C[C@@H]([C@@H]4C[C@@H]34)[C@@H]2C(=O)N1/N=C\c1ccc(-c2ccc(Cl)c(Cl)c2)o1. The van der Waals surface area contributed by atoms with E-state index in [1.165, 1.54) is 6.21 Å². The van der Waals surface area contributed by atoms with Crippen molar-refractivity contribution in [1.29, 1.82) is 0 Å². The fourth-order valence-corrected chi connectivity index (χ4v) is 5.69. The molecule has 0 unspecified atom stereocenters. The maximum absolute atomic E-state index is 12.9. The smallest absolute Gasteiger partial charge is 0.254 e. The van der Waals surface area contributed by atoms with Crippen molar-refractivity contribution in [2.24, 2.45) is 40.6 Å². The van der Waals surface area contributed by atoms with Crippen molar-refractivity contribution in [3.63, 3.8) is 0 Å². The van der Waals surface area contributed by atoms with E-state index < -0.39 is 0 Å². The number of hydrazone groups is 1. The lowest BCUT2D eigenvalue weighted by Gasteiger charge is -2.37. The second-order valence-electron chi connectivity index (χ2n) is 8.22. The fraction of sp³-hybridized carbons (Fsp3) is 0.318. The maximum Gasteiger partial charge on any atom is 0.254 e. The van der Waals surface area contributed by atoms with E-state index in [1.807, 2.05) is 0 Å². The van der Waals surface area contributed by atoms with Crippen LogP contribution in [0.15, 0.2) is 52.0 Å². The Bertz CT molecular complexity index is 1090. The molecule has 2 aromatic rings. The number of furan rings is 1. The third-order valence-corrected chi connectivity index (χ3v) is 7.51. The Balaban J connectivity index is 1.24. The zero-order valence-corrected chi connectivity index (χ0v) is 16.7. The van der Waals surface area contributed by atoms with Gasteiger partial charge in [-0.25, -0.2) is 0 Å². The Hall–Kier alpha value is -2.37. The van der Waals surface area contributed by atoms with Crippen LogP contribution in [0, 0.1) is 35.5 Å². The second kappa shape index (κ2) is 6.07. The number of carbonyl (C=O) groups is 2. The topological polar surface area (TPSA) is 62.9 Å². The fourth-order valence-electron chi connectivity index (χ4n) is 5.40. The van der Waals surface area contributed by atoms with E-state index >= 15 is 0 Å². The van der Waals surface area contributed by atoms with Gasteiger partial charge in [0.05, 0.1) is 28.1 Å². The van der Waals surface area contributed by atoms with Crippen LogP contribution in [-0.4, -0.2) is 23.0 Å². The van der Waals surface area contributed by atoms with Crippen molar-refractivity contribution in [2.75, 3.05) is 0 Å². The van der Waals surface area contributed by atoms with Crippen LogP contribution < -0.4 is 0 Å². The van der Waals surface area contributed by atoms with Crippen molar-refractivity contribution in [1.82, 2.24) is 5.01 Å². The zero-order valence-electron chi connectivity index (χ0n) is 15.2. The van der Waals surface area contributed by atoms with Crippen molar-refractivity contribution < 1.29 is 14.0 Å². The Morgan fingerprint density at radius 3 is 2.31 bits per heavy atom. The van der Waals surface area contributed by atoms with Gasteiger partial charge in [-0.2, -0.15) is 10.1 Å². The summed E-state index contributed by atoms with van der Waals surface area (Å²) in [5.74, 6) is 1.72. The summed E-state index contributed by atoms with van der Waals surface area (Å²) in [6.07, 6.45) is 6.86. The minimum absolute atomic E-state index is 0.183. The number of nitrogens with zero attached hydrogens (tertiary/aromatic N) is 2. The Morgan fingerprint density at radius 2 is 1.66 bits per heavy atom. The summed E-state index contributed by atoms with van der Waals surface area (Å²) in [4.78, 5) is 25.8. The molecule has 1 aromatic heterocycles. The first-order valence-corrected chi connectivity index (χ1v) is 10.4. The van der Waals surface area contributed by atoms with Crippen LogP contribution in [0.2, 0.25) is 10.0 Å². The number of halogens is 2. The van der Waals surface area contributed by atoms with Gasteiger partial charge in [-0.3, -0.25) is 9.59 Å². The summed E-state index contributed by atoms with van der Waals surface area (Å²) in [6, 6.07) is 8.74. The molecular formula is C22H16Cl2N2O3.